The number of carbonyl (C=O) groups excluding carboxylic acids is 1. The zero-order chi connectivity index (χ0) is 24.0. The molecule has 184 valence electrons. The van der Waals surface area contributed by atoms with Gasteiger partial charge in [-0.1, -0.05) is 12.1 Å². The van der Waals surface area contributed by atoms with Gasteiger partial charge in [-0.15, -0.1) is 0 Å². The number of nitrogen functional groups attached to an aromatic ring is 1. The van der Waals surface area contributed by atoms with Crippen molar-refractivity contribution in [2.24, 2.45) is 0 Å². The number of benzene rings is 1. The maximum atomic E-state index is 13.9. The molecule has 1 aromatic heterocycles. The van der Waals surface area contributed by atoms with Crippen LogP contribution in [0.15, 0.2) is 29.2 Å². The van der Waals surface area contributed by atoms with Crippen molar-refractivity contribution in [2.75, 3.05) is 50.4 Å². The van der Waals surface area contributed by atoms with E-state index < -0.39 is 16.2 Å². The Balaban J connectivity index is 1.36. The number of nitrogens with two attached hydrogens (primary N) is 1. The highest BCUT2D eigenvalue weighted by Crippen LogP contribution is 2.32. The zero-order valence-electron chi connectivity index (χ0n) is 19.1. The monoisotopic (exact) mass is 491 g/mol. The summed E-state index contributed by atoms with van der Waals surface area (Å²) in [6.07, 6.45) is 0.601. The topological polar surface area (TPSA) is 126 Å². The van der Waals surface area contributed by atoms with E-state index in [0.717, 1.165) is 24.9 Å². The van der Waals surface area contributed by atoms with Crippen LogP contribution in [-0.2, 0) is 16.6 Å². The van der Waals surface area contributed by atoms with E-state index in [0.29, 0.717) is 30.3 Å². The second-order valence-corrected chi connectivity index (χ2v) is 11.2. The van der Waals surface area contributed by atoms with Crippen molar-refractivity contribution < 1.29 is 17.6 Å². The van der Waals surface area contributed by atoms with Crippen LogP contribution >= 0.6 is 0 Å². The fourth-order valence-electron chi connectivity index (χ4n) is 5.05. The van der Waals surface area contributed by atoms with Gasteiger partial charge in [0, 0.05) is 38.6 Å². The van der Waals surface area contributed by atoms with Gasteiger partial charge in [0.05, 0.1) is 18.0 Å². The number of anilines is 2. The quantitative estimate of drug-likeness (QED) is 0.557. The molecule has 0 spiro atoms. The van der Waals surface area contributed by atoms with E-state index >= 15 is 0 Å². The third kappa shape index (κ3) is 4.03. The smallest absolute Gasteiger partial charge is 0.259 e. The van der Waals surface area contributed by atoms with E-state index in [1.165, 1.54) is 8.99 Å². The lowest BCUT2D eigenvalue weighted by atomic mass is 9.86. The standard InChI is InChI=1S/C22H30FN7O3S/c1-28-12-15(23)13-30-22(28)19(20(24)27-30)21(31)26-18-11-25-8-7-17(18)14-3-5-16(6-4-14)34(32,33)29-9-2-10-29/h3-6,15,17-18,25H,2,7-13H2,1H3,(H2,24,27)(H,26,31). The highest BCUT2D eigenvalue weighted by Gasteiger charge is 2.35. The lowest BCUT2D eigenvalue weighted by Crippen LogP contribution is -2.50. The van der Waals surface area contributed by atoms with Crippen LogP contribution in [0.2, 0.25) is 0 Å². The van der Waals surface area contributed by atoms with Gasteiger partial charge in [-0.05, 0) is 37.1 Å². The fraction of sp³-hybridized carbons (Fsp3) is 0.545. The first kappa shape index (κ1) is 23.1. The van der Waals surface area contributed by atoms with Crippen molar-refractivity contribution in [3.05, 3.63) is 35.4 Å². The number of amides is 1. The van der Waals surface area contributed by atoms with Crippen molar-refractivity contribution in [1.29, 1.82) is 0 Å². The van der Waals surface area contributed by atoms with Crippen LogP contribution in [0.5, 0.6) is 0 Å². The number of nitrogens with one attached hydrogen (secondary N) is 2. The van der Waals surface area contributed by atoms with Gasteiger partial charge in [-0.2, -0.15) is 9.40 Å². The minimum atomic E-state index is -3.44. The average Bonchev–Trinajstić information content (AvgIpc) is 3.08. The van der Waals surface area contributed by atoms with E-state index in [1.54, 1.807) is 24.1 Å². The molecule has 34 heavy (non-hydrogen) atoms. The number of aromatic nitrogens is 2. The molecule has 2 aromatic rings. The number of sulfonamides is 1. The summed E-state index contributed by atoms with van der Waals surface area (Å²) >= 11 is 0. The first-order valence-corrected chi connectivity index (χ1v) is 13.0. The fourth-order valence-corrected chi connectivity index (χ4v) is 6.56. The minimum Gasteiger partial charge on any atom is -0.381 e. The number of carbonyl (C=O) groups is 1. The molecule has 0 saturated carbocycles. The van der Waals surface area contributed by atoms with Gasteiger partial charge in [-0.25, -0.2) is 17.5 Å². The maximum Gasteiger partial charge on any atom is 0.259 e. The molecule has 10 nitrogen and oxygen atoms in total. The van der Waals surface area contributed by atoms with Gasteiger partial charge >= 0.3 is 0 Å². The van der Waals surface area contributed by atoms with Crippen LogP contribution in [0, 0.1) is 0 Å². The Hall–Kier alpha value is -2.70. The predicted molar refractivity (Wildman–Crippen MR) is 126 cm³/mol. The summed E-state index contributed by atoms with van der Waals surface area (Å²) in [5.41, 5.74) is 7.29. The van der Waals surface area contributed by atoms with Gasteiger partial charge < -0.3 is 21.3 Å². The average molecular weight is 492 g/mol. The Kier molecular flexibility index (Phi) is 5.98. The van der Waals surface area contributed by atoms with Gasteiger partial charge in [0.25, 0.3) is 5.91 Å². The molecule has 0 bridgehead atoms. The molecule has 2 fully saturated rings. The number of hydrogen-bond donors (Lipinski definition) is 3. The van der Waals surface area contributed by atoms with Crippen molar-refractivity contribution in [3.63, 3.8) is 0 Å². The summed E-state index contributed by atoms with van der Waals surface area (Å²) < 4.78 is 42.2. The van der Waals surface area contributed by atoms with Gasteiger partial charge in [0.2, 0.25) is 10.0 Å². The second kappa shape index (κ2) is 8.82. The van der Waals surface area contributed by atoms with Crippen LogP contribution in [-0.4, -0.2) is 80.4 Å². The molecule has 1 amide bonds. The van der Waals surface area contributed by atoms with Crippen molar-refractivity contribution in [2.45, 2.75) is 42.4 Å². The van der Waals surface area contributed by atoms with Crippen LogP contribution in [0.25, 0.3) is 0 Å². The molecule has 3 atom stereocenters. The largest absolute Gasteiger partial charge is 0.381 e. The molecule has 3 unspecified atom stereocenters. The third-order valence-electron chi connectivity index (χ3n) is 6.94. The maximum absolute atomic E-state index is 13.9. The van der Waals surface area contributed by atoms with E-state index in [2.05, 4.69) is 15.7 Å². The molecule has 0 aliphatic carbocycles. The Morgan fingerprint density at radius 3 is 2.65 bits per heavy atom. The molecule has 3 aliphatic heterocycles. The minimum absolute atomic E-state index is 0.00606. The normalized spacial score (nSPS) is 25.5. The molecule has 5 rings (SSSR count). The summed E-state index contributed by atoms with van der Waals surface area (Å²) in [4.78, 5) is 15.3. The molecular weight excluding hydrogens is 461 g/mol. The predicted octanol–water partition coefficient (Wildman–Crippen LogP) is 0.523. The van der Waals surface area contributed by atoms with Gasteiger partial charge in [0.15, 0.2) is 5.82 Å². The number of halogens is 1. The lowest BCUT2D eigenvalue weighted by molar-refractivity contribution is 0.0925. The number of nitrogens with zero attached hydrogens (tertiary/aromatic N) is 4. The third-order valence-corrected chi connectivity index (χ3v) is 8.86. The first-order valence-electron chi connectivity index (χ1n) is 11.6. The van der Waals surface area contributed by atoms with E-state index in [9.17, 15) is 17.6 Å². The molecule has 0 radical (unpaired) electrons. The molecular formula is C22H30FN7O3S. The highest BCUT2D eigenvalue weighted by atomic mass is 32.2. The Morgan fingerprint density at radius 2 is 1.97 bits per heavy atom. The van der Waals surface area contributed by atoms with E-state index in [4.69, 9.17) is 5.73 Å². The lowest BCUT2D eigenvalue weighted by Gasteiger charge is -2.34. The number of piperidine rings is 1. The summed E-state index contributed by atoms with van der Waals surface area (Å²) in [5.74, 6) is 0.254. The van der Waals surface area contributed by atoms with Gasteiger partial charge in [0.1, 0.15) is 17.6 Å². The Bertz CT molecular complexity index is 1180. The highest BCUT2D eigenvalue weighted by molar-refractivity contribution is 7.89. The summed E-state index contributed by atoms with van der Waals surface area (Å²) in [6.45, 7) is 2.72. The second-order valence-electron chi connectivity index (χ2n) is 9.25. The number of hydrogen-bond acceptors (Lipinski definition) is 7. The van der Waals surface area contributed by atoms with Crippen molar-refractivity contribution >= 4 is 27.6 Å². The van der Waals surface area contributed by atoms with Crippen LogP contribution in [0.3, 0.4) is 0 Å². The SMILES string of the molecule is CN1CC(F)Cn2nc(N)c(C(=O)NC3CNCCC3c3ccc(S(=O)(=O)N4CCC4)cc3)c21. The summed E-state index contributed by atoms with van der Waals surface area (Å²) in [6, 6.07) is 6.76. The first-order chi connectivity index (χ1) is 16.3. The van der Waals surface area contributed by atoms with E-state index in [1.807, 2.05) is 12.1 Å². The van der Waals surface area contributed by atoms with Crippen LogP contribution in [0.1, 0.15) is 34.7 Å². The van der Waals surface area contributed by atoms with E-state index in [-0.39, 0.29) is 42.3 Å². The Labute approximate surface area is 198 Å². The molecule has 2 saturated heterocycles. The van der Waals surface area contributed by atoms with Crippen LogP contribution < -0.4 is 21.3 Å². The van der Waals surface area contributed by atoms with Crippen molar-refractivity contribution in [3.8, 4) is 0 Å². The molecule has 12 heteroatoms. The zero-order valence-corrected chi connectivity index (χ0v) is 19.9. The van der Waals surface area contributed by atoms with Crippen molar-refractivity contribution in [1.82, 2.24) is 24.7 Å². The summed E-state index contributed by atoms with van der Waals surface area (Å²) in [5, 5.41) is 10.6. The molecule has 3 aliphatic rings. The molecule has 1 aromatic carbocycles. The number of rotatable bonds is 5. The van der Waals surface area contributed by atoms with Crippen LogP contribution in [0.4, 0.5) is 16.0 Å². The Morgan fingerprint density at radius 1 is 1.24 bits per heavy atom. The molecule has 4 heterocycles. The molecule has 4 N–H and O–H groups in total. The van der Waals surface area contributed by atoms with Gasteiger partial charge in [-0.3, -0.25) is 4.79 Å². The summed E-state index contributed by atoms with van der Waals surface area (Å²) in [7, 11) is -1.72. The number of fused-ring (bicyclic) bond motifs is 1. The number of alkyl halides is 1.